The largest absolute Gasteiger partial charge is 0.353 e. The molecule has 0 atom stereocenters. The summed E-state index contributed by atoms with van der Waals surface area (Å²) in [6.45, 7) is 6.70. The molecule has 1 saturated carbocycles. The number of rotatable bonds is 6. The highest BCUT2D eigenvalue weighted by Gasteiger charge is 2.22. The van der Waals surface area contributed by atoms with Gasteiger partial charge in [0.05, 0.1) is 5.75 Å². The predicted octanol–water partition coefficient (Wildman–Crippen LogP) is 3.26. The highest BCUT2D eigenvalue weighted by Crippen LogP contribution is 2.30. The van der Waals surface area contributed by atoms with E-state index in [0.717, 1.165) is 49.8 Å². The number of aromatic nitrogens is 3. The molecule has 0 radical (unpaired) electrons. The van der Waals surface area contributed by atoms with Gasteiger partial charge in [-0.05, 0) is 38.5 Å². The van der Waals surface area contributed by atoms with Crippen LogP contribution in [0, 0.1) is 5.92 Å². The van der Waals surface area contributed by atoms with E-state index in [1.54, 1.807) is 4.57 Å². The second kappa shape index (κ2) is 9.04. The fraction of sp³-hybridized carbons (Fsp3) is 0.700. The molecule has 0 spiro atoms. The number of piperidine rings is 1. The van der Waals surface area contributed by atoms with Gasteiger partial charge >= 0.3 is 0 Å². The van der Waals surface area contributed by atoms with Gasteiger partial charge in [-0.1, -0.05) is 42.9 Å². The average Bonchev–Trinajstić information content (AvgIpc) is 3.37. The summed E-state index contributed by atoms with van der Waals surface area (Å²) in [6, 6.07) is 0.306. The number of fused-ring (bicyclic) bond motifs is 1. The molecule has 0 unspecified atom stereocenters. The van der Waals surface area contributed by atoms with E-state index in [1.165, 1.54) is 35.9 Å². The smallest absolute Gasteiger partial charge is 0.273 e. The fourth-order valence-corrected chi connectivity index (χ4v) is 5.94. The van der Waals surface area contributed by atoms with Gasteiger partial charge in [-0.3, -0.25) is 14.2 Å². The summed E-state index contributed by atoms with van der Waals surface area (Å²) < 4.78 is 2.27. The van der Waals surface area contributed by atoms with Crippen molar-refractivity contribution in [2.75, 3.05) is 23.7 Å². The maximum atomic E-state index is 13.0. The van der Waals surface area contributed by atoms with Crippen molar-refractivity contribution in [2.45, 2.75) is 70.1 Å². The second-order valence-electron chi connectivity index (χ2n) is 8.10. The Hall–Kier alpha value is -1.61. The highest BCUT2D eigenvalue weighted by molar-refractivity contribution is 7.99. The molecule has 4 rings (SSSR count). The lowest BCUT2D eigenvalue weighted by Crippen LogP contribution is -2.34. The topological polar surface area (TPSA) is 80.1 Å². The molecule has 1 saturated heterocycles. The van der Waals surface area contributed by atoms with Crippen LogP contribution in [0.1, 0.15) is 52.4 Å². The van der Waals surface area contributed by atoms with Gasteiger partial charge < -0.3 is 10.2 Å². The molecule has 2 aliphatic rings. The van der Waals surface area contributed by atoms with Crippen LogP contribution in [0.4, 0.5) is 5.13 Å². The summed E-state index contributed by atoms with van der Waals surface area (Å²) in [6.07, 6.45) is 6.81. The molecule has 2 fully saturated rings. The minimum atomic E-state index is -0.0506. The minimum Gasteiger partial charge on any atom is -0.353 e. The van der Waals surface area contributed by atoms with Gasteiger partial charge in [0.15, 0.2) is 15.9 Å². The number of carbonyl (C=O) groups excluding carboxylic acids is 1. The van der Waals surface area contributed by atoms with Crippen molar-refractivity contribution >= 4 is 44.5 Å². The van der Waals surface area contributed by atoms with Crippen molar-refractivity contribution in [3.05, 3.63) is 10.4 Å². The Morgan fingerprint density at radius 3 is 2.62 bits per heavy atom. The van der Waals surface area contributed by atoms with Crippen LogP contribution in [0.15, 0.2) is 9.95 Å². The van der Waals surface area contributed by atoms with Crippen LogP contribution in [0.3, 0.4) is 0 Å². The third-order valence-electron chi connectivity index (χ3n) is 5.89. The minimum absolute atomic E-state index is 0.0142. The normalized spacial score (nSPS) is 18.6. The maximum Gasteiger partial charge on any atom is 0.273 e. The Morgan fingerprint density at radius 2 is 1.93 bits per heavy atom. The van der Waals surface area contributed by atoms with Gasteiger partial charge in [-0.15, -0.1) is 0 Å². The molecule has 2 aromatic rings. The number of hydrogen-bond donors (Lipinski definition) is 1. The lowest BCUT2D eigenvalue weighted by Gasteiger charge is -2.29. The molecule has 158 valence electrons. The number of thioether (sulfide) groups is 1. The molecule has 9 heteroatoms. The van der Waals surface area contributed by atoms with E-state index in [2.05, 4.69) is 27.1 Å². The number of anilines is 1. The standard InChI is InChI=1S/C20H29N5O2S2/c1-3-25-18(27)16-17(22-19(29-16)24-10-8-13(2)9-11-24)23-20(25)28-12-15(26)21-14-6-4-5-7-14/h13-14H,3-12H2,1-2H3,(H,21,26). The molecule has 0 aromatic carbocycles. The third-order valence-corrected chi connectivity index (χ3v) is 7.96. The number of amides is 1. The summed E-state index contributed by atoms with van der Waals surface area (Å²) >= 11 is 2.77. The number of carbonyl (C=O) groups is 1. The number of hydrogen-bond acceptors (Lipinski definition) is 7. The van der Waals surface area contributed by atoms with Gasteiger partial charge in [0.25, 0.3) is 5.56 Å². The van der Waals surface area contributed by atoms with E-state index in [4.69, 9.17) is 0 Å². The van der Waals surface area contributed by atoms with Crippen LogP contribution in [0.25, 0.3) is 10.3 Å². The molecular formula is C20H29N5O2S2. The maximum absolute atomic E-state index is 13.0. The summed E-state index contributed by atoms with van der Waals surface area (Å²) in [5.41, 5.74) is 0.461. The van der Waals surface area contributed by atoms with Crippen LogP contribution in [0.2, 0.25) is 0 Å². The monoisotopic (exact) mass is 435 g/mol. The Kier molecular flexibility index (Phi) is 6.44. The van der Waals surface area contributed by atoms with Crippen molar-refractivity contribution < 1.29 is 4.79 Å². The van der Waals surface area contributed by atoms with E-state index in [1.807, 2.05) is 6.92 Å². The van der Waals surface area contributed by atoms with Crippen LogP contribution in [0.5, 0.6) is 0 Å². The fourth-order valence-electron chi connectivity index (χ4n) is 4.07. The first-order chi connectivity index (χ1) is 14.0. The Labute approximate surface area is 179 Å². The summed E-state index contributed by atoms with van der Waals surface area (Å²) in [7, 11) is 0. The van der Waals surface area contributed by atoms with E-state index in [-0.39, 0.29) is 17.2 Å². The summed E-state index contributed by atoms with van der Waals surface area (Å²) in [5, 5.41) is 4.56. The lowest BCUT2D eigenvalue weighted by atomic mass is 10.00. The molecule has 2 aromatic heterocycles. The van der Waals surface area contributed by atoms with Gasteiger partial charge in [-0.2, -0.15) is 4.98 Å². The first-order valence-electron chi connectivity index (χ1n) is 10.6. The van der Waals surface area contributed by atoms with E-state index in [0.29, 0.717) is 28.1 Å². The van der Waals surface area contributed by atoms with Crippen molar-refractivity contribution in [1.82, 2.24) is 19.9 Å². The zero-order chi connectivity index (χ0) is 20.4. The third kappa shape index (κ3) is 4.60. The van der Waals surface area contributed by atoms with Crippen molar-refractivity contribution in [2.24, 2.45) is 5.92 Å². The average molecular weight is 436 g/mol. The molecule has 7 nitrogen and oxygen atoms in total. The zero-order valence-corrected chi connectivity index (χ0v) is 18.8. The number of thiazole rings is 1. The molecule has 1 N–H and O–H groups in total. The van der Waals surface area contributed by atoms with E-state index in [9.17, 15) is 9.59 Å². The first kappa shape index (κ1) is 20.7. The molecule has 3 heterocycles. The quantitative estimate of drug-likeness (QED) is 0.554. The van der Waals surface area contributed by atoms with Gasteiger partial charge in [0.2, 0.25) is 5.91 Å². The Balaban J connectivity index is 1.52. The predicted molar refractivity (Wildman–Crippen MR) is 119 cm³/mol. The molecule has 1 aliphatic heterocycles. The van der Waals surface area contributed by atoms with Crippen LogP contribution >= 0.6 is 23.1 Å². The molecule has 29 heavy (non-hydrogen) atoms. The molecule has 0 bridgehead atoms. The van der Waals surface area contributed by atoms with Crippen molar-refractivity contribution in [3.63, 3.8) is 0 Å². The zero-order valence-electron chi connectivity index (χ0n) is 17.1. The van der Waals surface area contributed by atoms with E-state index >= 15 is 0 Å². The second-order valence-corrected chi connectivity index (χ2v) is 10.0. The van der Waals surface area contributed by atoms with Gasteiger partial charge in [-0.25, -0.2) is 4.98 Å². The summed E-state index contributed by atoms with van der Waals surface area (Å²) in [4.78, 5) is 36.9. The molecule has 1 aliphatic carbocycles. The van der Waals surface area contributed by atoms with Gasteiger partial charge in [0, 0.05) is 25.7 Å². The first-order valence-corrected chi connectivity index (χ1v) is 12.4. The van der Waals surface area contributed by atoms with E-state index < -0.39 is 0 Å². The van der Waals surface area contributed by atoms with Crippen molar-refractivity contribution in [1.29, 1.82) is 0 Å². The molecule has 1 amide bonds. The van der Waals surface area contributed by atoms with Crippen LogP contribution < -0.4 is 15.8 Å². The number of nitrogens with zero attached hydrogens (tertiary/aromatic N) is 4. The van der Waals surface area contributed by atoms with Crippen molar-refractivity contribution in [3.8, 4) is 0 Å². The van der Waals surface area contributed by atoms with Gasteiger partial charge in [0.1, 0.15) is 4.70 Å². The Bertz CT molecular complexity index is 927. The van der Waals surface area contributed by atoms with Crippen LogP contribution in [-0.4, -0.2) is 45.3 Å². The highest BCUT2D eigenvalue weighted by atomic mass is 32.2. The number of nitrogens with one attached hydrogen (secondary N) is 1. The Morgan fingerprint density at radius 1 is 1.21 bits per heavy atom. The molecular weight excluding hydrogens is 406 g/mol. The summed E-state index contributed by atoms with van der Waals surface area (Å²) in [5.74, 6) is 1.03. The SMILES string of the molecule is CCn1c(SCC(=O)NC2CCCC2)nc2nc(N3CCC(C)CC3)sc2c1=O. The lowest BCUT2D eigenvalue weighted by molar-refractivity contribution is -0.119. The van der Waals surface area contributed by atoms with Crippen LogP contribution in [-0.2, 0) is 11.3 Å².